The molecule has 0 saturated heterocycles. The van der Waals surface area contributed by atoms with Gasteiger partial charge in [-0.2, -0.15) is 13.2 Å². The molecule has 0 amide bonds. The fourth-order valence-corrected chi connectivity index (χ4v) is 0.649. The van der Waals surface area contributed by atoms with Gasteiger partial charge in [0, 0.05) is 13.0 Å². The predicted molar refractivity (Wildman–Crippen MR) is 46.6 cm³/mol. The molecule has 78 valence electrons. The maximum atomic E-state index is 11.7. The van der Waals surface area contributed by atoms with Crippen LogP contribution in [0.15, 0.2) is 4.99 Å². The first-order valence-electron chi connectivity index (χ1n) is 4.17. The lowest BCUT2D eigenvalue weighted by Gasteiger charge is -2.06. The lowest BCUT2D eigenvalue weighted by molar-refractivity contribution is -0.132. The summed E-state index contributed by atoms with van der Waals surface area (Å²) in [7, 11) is 0. The lowest BCUT2D eigenvalue weighted by atomic mass is 10.2. The Labute approximate surface area is 76.0 Å². The topological polar surface area (TPSA) is 38.4 Å². The molecule has 0 fully saturated rings. The molecule has 13 heavy (non-hydrogen) atoms. The zero-order chi connectivity index (χ0) is 10.5. The number of hydrogen-bond donors (Lipinski definition) is 1. The lowest BCUT2D eigenvalue weighted by Crippen LogP contribution is -2.18. The number of nitrogens with zero attached hydrogens (tertiary/aromatic N) is 1. The molecule has 0 heterocycles. The third-order valence-corrected chi connectivity index (χ3v) is 1.32. The first kappa shape index (κ1) is 12.3. The first-order chi connectivity index (χ1) is 5.81. The van der Waals surface area contributed by atoms with Crippen LogP contribution in [0.1, 0.15) is 26.7 Å². The molecule has 0 bridgehead atoms. The van der Waals surface area contributed by atoms with Crippen molar-refractivity contribution in [2.24, 2.45) is 16.6 Å². The van der Waals surface area contributed by atoms with Crippen LogP contribution < -0.4 is 5.73 Å². The molecule has 0 radical (unpaired) electrons. The van der Waals surface area contributed by atoms with Gasteiger partial charge in [0.25, 0.3) is 0 Å². The number of aliphatic imine (C=N–C) groups is 1. The zero-order valence-corrected chi connectivity index (χ0v) is 7.86. The highest BCUT2D eigenvalue weighted by molar-refractivity contribution is 5.80. The van der Waals surface area contributed by atoms with Crippen molar-refractivity contribution in [3.05, 3.63) is 0 Å². The second-order valence-corrected chi connectivity index (χ2v) is 3.34. The van der Waals surface area contributed by atoms with E-state index in [2.05, 4.69) is 4.99 Å². The third-order valence-electron chi connectivity index (χ3n) is 1.32. The van der Waals surface area contributed by atoms with Crippen LogP contribution in [0.3, 0.4) is 0 Å². The van der Waals surface area contributed by atoms with Gasteiger partial charge in [-0.1, -0.05) is 13.8 Å². The van der Waals surface area contributed by atoms with Gasteiger partial charge in [-0.05, 0) is 5.92 Å². The molecule has 0 aliphatic heterocycles. The molecule has 0 unspecified atom stereocenters. The normalized spacial score (nSPS) is 13.8. The Balaban J connectivity index is 3.74. The van der Waals surface area contributed by atoms with Gasteiger partial charge in [-0.15, -0.1) is 0 Å². The van der Waals surface area contributed by atoms with Crippen molar-refractivity contribution in [3.63, 3.8) is 0 Å². The molecule has 0 aromatic carbocycles. The van der Waals surface area contributed by atoms with Crippen LogP contribution in [-0.2, 0) is 0 Å². The monoisotopic (exact) mass is 196 g/mol. The summed E-state index contributed by atoms with van der Waals surface area (Å²) < 4.78 is 35.1. The molecule has 0 atom stereocenters. The molecule has 2 N–H and O–H groups in total. The zero-order valence-electron chi connectivity index (χ0n) is 7.86. The highest BCUT2D eigenvalue weighted by Crippen LogP contribution is 2.20. The van der Waals surface area contributed by atoms with Crippen molar-refractivity contribution < 1.29 is 13.2 Å². The Morgan fingerprint density at radius 2 is 1.92 bits per heavy atom. The fourth-order valence-electron chi connectivity index (χ4n) is 0.649. The van der Waals surface area contributed by atoms with E-state index in [1.807, 2.05) is 13.8 Å². The molecule has 0 aromatic rings. The van der Waals surface area contributed by atoms with E-state index >= 15 is 0 Å². The number of hydrogen-bond acceptors (Lipinski definition) is 1. The fraction of sp³-hybridized carbons (Fsp3) is 0.875. The molecule has 0 aromatic heterocycles. The van der Waals surface area contributed by atoms with E-state index in [9.17, 15) is 13.2 Å². The van der Waals surface area contributed by atoms with E-state index in [0.717, 1.165) is 0 Å². The molecule has 0 spiro atoms. The van der Waals surface area contributed by atoms with Crippen molar-refractivity contribution in [1.29, 1.82) is 0 Å². The van der Waals surface area contributed by atoms with Crippen molar-refractivity contribution in [3.8, 4) is 0 Å². The minimum absolute atomic E-state index is 0.0889. The smallest absolute Gasteiger partial charge is 0.387 e. The van der Waals surface area contributed by atoms with Crippen LogP contribution in [0.5, 0.6) is 0 Å². The van der Waals surface area contributed by atoms with Crippen LogP contribution in [0.4, 0.5) is 13.2 Å². The minimum atomic E-state index is -4.14. The second-order valence-electron chi connectivity index (χ2n) is 3.34. The van der Waals surface area contributed by atoms with Crippen LogP contribution in [-0.4, -0.2) is 18.6 Å². The molecular weight excluding hydrogens is 181 g/mol. The van der Waals surface area contributed by atoms with Crippen LogP contribution in [0.2, 0.25) is 0 Å². The van der Waals surface area contributed by atoms with E-state index in [-0.39, 0.29) is 12.3 Å². The molecule has 2 nitrogen and oxygen atoms in total. The Morgan fingerprint density at radius 3 is 2.31 bits per heavy atom. The Bertz CT molecular complexity index is 173. The summed E-state index contributed by atoms with van der Waals surface area (Å²) in [5.74, 6) is 0.412. The Hall–Kier alpha value is -0.740. The summed E-state index contributed by atoms with van der Waals surface area (Å²) >= 11 is 0. The number of amidine groups is 1. The first-order valence-corrected chi connectivity index (χ1v) is 4.17. The van der Waals surface area contributed by atoms with Crippen LogP contribution >= 0.6 is 0 Å². The third kappa shape index (κ3) is 9.17. The molecule has 0 aliphatic carbocycles. The van der Waals surface area contributed by atoms with Gasteiger partial charge in [-0.3, -0.25) is 4.99 Å². The van der Waals surface area contributed by atoms with E-state index in [1.54, 1.807) is 0 Å². The van der Waals surface area contributed by atoms with Crippen LogP contribution in [0, 0.1) is 5.92 Å². The van der Waals surface area contributed by atoms with Crippen molar-refractivity contribution in [2.75, 3.05) is 6.54 Å². The van der Waals surface area contributed by atoms with E-state index in [0.29, 0.717) is 12.5 Å². The summed E-state index contributed by atoms with van der Waals surface area (Å²) in [5.41, 5.74) is 5.28. The van der Waals surface area contributed by atoms with Gasteiger partial charge in [-0.25, -0.2) is 0 Å². The summed E-state index contributed by atoms with van der Waals surface area (Å²) in [5, 5.41) is 0. The number of nitrogens with two attached hydrogens (primary N) is 1. The second kappa shape index (κ2) is 5.09. The quantitative estimate of drug-likeness (QED) is 0.544. The van der Waals surface area contributed by atoms with Crippen molar-refractivity contribution >= 4 is 5.84 Å². The van der Waals surface area contributed by atoms with Gasteiger partial charge in [0.05, 0.1) is 12.3 Å². The molecule has 5 heteroatoms. The van der Waals surface area contributed by atoms with Gasteiger partial charge < -0.3 is 5.73 Å². The number of alkyl halides is 3. The Morgan fingerprint density at radius 1 is 1.38 bits per heavy atom. The highest BCUT2D eigenvalue weighted by atomic mass is 19.4. The standard InChI is InChI=1S/C8H15F3N2/c1-6(2)5-13-7(12)3-4-8(9,10)11/h6H,3-5H2,1-2H3,(H2,12,13). The van der Waals surface area contributed by atoms with Gasteiger partial charge >= 0.3 is 6.18 Å². The Kier molecular flexibility index (Phi) is 4.80. The average Bonchev–Trinajstić information content (AvgIpc) is 1.95. The van der Waals surface area contributed by atoms with Gasteiger partial charge in [0.15, 0.2) is 0 Å². The van der Waals surface area contributed by atoms with Gasteiger partial charge in [0.2, 0.25) is 0 Å². The summed E-state index contributed by atoms with van der Waals surface area (Å²) in [6.07, 6.45) is -5.23. The van der Waals surface area contributed by atoms with E-state index in [4.69, 9.17) is 5.73 Å². The van der Waals surface area contributed by atoms with Crippen molar-refractivity contribution in [2.45, 2.75) is 32.9 Å². The summed E-state index contributed by atoms with van der Waals surface area (Å²) in [6.45, 7) is 4.35. The van der Waals surface area contributed by atoms with Crippen molar-refractivity contribution in [1.82, 2.24) is 0 Å². The largest absolute Gasteiger partial charge is 0.389 e. The summed E-state index contributed by atoms with van der Waals surface area (Å²) in [6, 6.07) is 0. The molecule has 0 saturated carbocycles. The molecular formula is C8H15F3N2. The molecule has 0 rings (SSSR count). The highest BCUT2D eigenvalue weighted by Gasteiger charge is 2.26. The van der Waals surface area contributed by atoms with Crippen LogP contribution in [0.25, 0.3) is 0 Å². The van der Waals surface area contributed by atoms with E-state index < -0.39 is 12.6 Å². The van der Waals surface area contributed by atoms with Gasteiger partial charge in [0.1, 0.15) is 0 Å². The maximum absolute atomic E-state index is 11.7. The SMILES string of the molecule is CC(C)CN=C(N)CCC(F)(F)F. The minimum Gasteiger partial charge on any atom is -0.387 e. The number of rotatable bonds is 4. The predicted octanol–water partition coefficient (Wildman–Crippen LogP) is 2.34. The number of halogens is 3. The molecule has 0 aliphatic rings. The maximum Gasteiger partial charge on any atom is 0.389 e. The summed E-state index contributed by atoms with van der Waals surface area (Å²) in [4.78, 5) is 3.82. The van der Waals surface area contributed by atoms with E-state index in [1.165, 1.54) is 0 Å². The average molecular weight is 196 g/mol.